The molecule has 1 aromatic carbocycles. The van der Waals surface area contributed by atoms with E-state index in [0.717, 1.165) is 12.2 Å². The first kappa shape index (κ1) is 15.0. The standard InChI is InChI=1S/C15H22N2O2S/c1-20-15(7-3-2-4-8-15)10-17-11-5-6-12(14(18)19)13(16)9-11/h5-6,9,17H,2-4,7-8,10,16H2,1H3,(H,18,19). The zero-order chi connectivity index (χ0) is 14.6. The van der Waals surface area contributed by atoms with Crippen LogP contribution in [0.4, 0.5) is 11.4 Å². The number of aromatic carboxylic acids is 1. The molecule has 0 atom stereocenters. The summed E-state index contributed by atoms with van der Waals surface area (Å²) in [7, 11) is 0. The highest BCUT2D eigenvalue weighted by molar-refractivity contribution is 8.00. The summed E-state index contributed by atoms with van der Waals surface area (Å²) in [6.45, 7) is 0.903. The lowest BCUT2D eigenvalue weighted by Crippen LogP contribution is -2.35. The Bertz CT molecular complexity index is 485. The molecule has 1 fully saturated rings. The number of carboxylic acid groups (broad SMARTS) is 1. The Hall–Kier alpha value is -1.36. The Kier molecular flexibility index (Phi) is 4.81. The number of nitrogens with one attached hydrogen (secondary N) is 1. The lowest BCUT2D eigenvalue weighted by molar-refractivity contribution is 0.0698. The van der Waals surface area contributed by atoms with Crippen molar-refractivity contribution in [1.82, 2.24) is 0 Å². The summed E-state index contributed by atoms with van der Waals surface area (Å²) < 4.78 is 0.304. The van der Waals surface area contributed by atoms with Gasteiger partial charge in [-0.25, -0.2) is 4.79 Å². The van der Waals surface area contributed by atoms with Gasteiger partial charge < -0.3 is 16.2 Å². The van der Waals surface area contributed by atoms with Crippen molar-refractivity contribution in [1.29, 1.82) is 0 Å². The van der Waals surface area contributed by atoms with Crippen molar-refractivity contribution in [2.45, 2.75) is 36.9 Å². The van der Waals surface area contributed by atoms with E-state index in [-0.39, 0.29) is 5.56 Å². The predicted molar refractivity (Wildman–Crippen MR) is 85.6 cm³/mol. The lowest BCUT2D eigenvalue weighted by Gasteiger charge is -2.36. The highest BCUT2D eigenvalue weighted by atomic mass is 32.2. The minimum absolute atomic E-state index is 0.160. The van der Waals surface area contributed by atoms with Gasteiger partial charge in [-0.15, -0.1) is 0 Å². The molecule has 2 rings (SSSR count). The van der Waals surface area contributed by atoms with E-state index in [1.807, 2.05) is 11.8 Å². The van der Waals surface area contributed by atoms with Crippen molar-refractivity contribution >= 4 is 29.1 Å². The molecule has 0 heterocycles. The summed E-state index contributed by atoms with van der Waals surface area (Å²) in [5.41, 5.74) is 7.13. The third kappa shape index (κ3) is 3.39. The van der Waals surface area contributed by atoms with Crippen molar-refractivity contribution < 1.29 is 9.90 Å². The summed E-state index contributed by atoms with van der Waals surface area (Å²) in [5.74, 6) is -0.984. The number of anilines is 2. The third-order valence-corrected chi connectivity index (χ3v) is 5.51. The molecule has 1 aliphatic rings. The maximum Gasteiger partial charge on any atom is 0.337 e. The first-order valence-corrected chi connectivity index (χ1v) is 8.21. The maximum absolute atomic E-state index is 10.9. The van der Waals surface area contributed by atoms with Crippen molar-refractivity contribution in [2.75, 3.05) is 23.9 Å². The van der Waals surface area contributed by atoms with Gasteiger partial charge in [0.05, 0.1) is 5.56 Å². The molecule has 4 nitrogen and oxygen atoms in total. The second-order valence-electron chi connectivity index (χ2n) is 5.41. The van der Waals surface area contributed by atoms with Crippen molar-refractivity contribution in [2.24, 2.45) is 0 Å². The molecule has 110 valence electrons. The molecule has 0 aromatic heterocycles. The van der Waals surface area contributed by atoms with E-state index in [0.29, 0.717) is 10.4 Å². The zero-order valence-corrected chi connectivity index (χ0v) is 12.6. The van der Waals surface area contributed by atoms with Crippen molar-refractivity contribution in [3.63, 3.8) is 0 Å². The fourth-order valence-electron chi connectivity index (χ4n) is 2.78. The number of rotatable bonds is 5. The number of nitrogen functional groups attached to an aromatic ring is 1. The molecule has 0 spiro atoms. The average molecular weight is 294 g/mol. The molecule has 1 aromatic rings. The summed E-state index contributed by atoms with van der Waals surface area (Å²) in [5, 5.41) is 12.4. The van der Waals surface area contributed by atoms with E-state index >= 15 is 0 Å². The number of benzene rings is 1. The Labute approximate surface area is 124 Å². The largest absolute Gasteiger partial charge is 0.478 e. The Balaban J connectivity index is 2.03. The normalized spacial score (nSPS) is 17.6. The Morgan fingerprint density at radius 2 is 2.10 bits per heavy atom. The molecule has 0 bridgehead atoms. The van der Waals surface area contributed by atoms with Crippen LogP contribution in [0, 0.1) is 0 Å². The van der Waals surface area contributed by atoms with Gasteiger partial charge in [-0.2, -0.15) is 11.8 Å². The minimum Gasteiger partial charge on any atom is -0.478 e. The molecule has 0 saturated heterocycles. The highest BCUT2D eigenvalue weighted by Gasteiger charge is 2.30. The molecule has 0 amide bonds. The van der Waals surface area contributed by atoms with Crippen LogP contribution in [-0.4, -0.2) is 28.6 Å². The Morgan fingerprint density at radius 1 is 1.40 bits per heavy atom. The van der Waals surface area contributed by atoms with E-state index in [2.05, 4.69) is 11.6 Å². The predicted octanol–water partition coefficient (Wildman–Crippen LogP) is 3.44. The van der Waals surface area contributed by atoms with E-state index in [9.17, 15) is 4.79 Å². The number of carbonyl (C=O) groups is 1. The molecule has 20 heavy (non-hydrogen) atoms. The highest BCUT2D eigenvalue weighted by Crippen LogP contribution is 2.38. The number of nitrogens with two attached hydrogens (primary N) is 1. The molecule has 4 N–H and O–H groups in total. The van der Waals surface area contributed by atoms with Crippen molar-refractivity contribution in [3.05, 3.63) is 23.8 Å². The van der Waals surface area contributed by atoms with Crippen LogP contribution in [0.2, 0.25) is 0 Å². The molecular weight excluding hydrogens is 272 g/mol. The van der Waals surface area contributed by atoms with Gasteiger partial charge in [0.2, 0.25) is 0 Å². The smallest absolute Gasteiger partial charge is 0.337 e. The summed E-state index contributed by atoms with van der Waals surface area (Å²) in [6.07, 6.45) is 8.58. The number of carboxylic acids is 1. The second kappa shape index (κ2) is 6.39. The molecule has 0 radical (unpaired) electrons. The maximum atomic E-state index is 10.9. The van der Waals surface area contributed by atoms with E-state index in [1.165, 1.54) is 32.1 Å². The lowest BCUT2D eigenvalue weighted by atomic mass is 9.88. The van der Waals surface area contributed by atoms with Gasteiger partial charge in [0.1, 0.15) is 0 Å². The minimum atomic E-state index is -0.984. The monoisotopic (exact) mass is 294 g/mol. The van der Waals surface area contributed by atoms with Crippen LogP contribution in [0.3, 0.4) is 0 Å². The van der Waals surface area contributed by atoms with Gasteiger partial charge in [0, 0.05) is 22.7 Å². The number of thioether (sulfide) groups is 1. The van der Waals surface area contributed by atoms with E-state index in [4.69, 9.17) is 10.8 Å². The van der Waals surface area contributed by atoms with Gasteiger partial charge in [-0.05, 0) is 37.3 Å². The quantitative estimate of drug-likeness (QED) is 0.725. The summed E-state index contributed by atoms with van der Waals surface area (Å²) in [4.78, 5) is 10.9. The topological polar surface area (TPSA) is 75.3 Å². The first-order chi connectivity index (χ1) is 9.56. The van der Waals surface area contributed by atoms with Gasteiger partial charge in [0.25, 0.3) is 0 Å². The summed E-state index contributed by atoms with van der Waals surface area (Å²) in [6, 6.07) is 5.06. The molecule has 0 unspecified atom stereocenters. The van der Waals surface area contributed by atoms with Crippen LogP contribution in [0.25, 0.3) is 0 Å². The zero-order valence-electron chi connectivity index (χ0n) is 11.8. The average Bonchev–Trinajstić information content (AvgIpc) is 2.46. The fraction of sp³-hybridized carbons (Fsp3) is 0.533. The van der Waals surface area contributed by atoms with Gasteiger partial charge in [-0.1, -0.05) is 19.3 Å². The van der Waals surface area contributed by atoms with Gasteiger partial charge in [0.15, 0.2) is 0 Å². The molecule has 1 aliphatic carbocycles. The molecular formula is C15H22N2O2S. The first-order valence-electron chi connectivity index (χ1n) is 6.98. The Morgan fingerprint density at radius 3 is 2.65 bits per heavy atom. The van der Waals surface area contributed by atoms with Crippen LogP contribution in [0.15, 0.2) is 18.2 Å². The second-order valence-corrected chi connectivity index (χ2v) is 6.68. The van der Waals surface area contributed by atoms with Crippen LogP contribution >= 0.6 is 11.8 Å². The van der Waals surface area contributed by atoms with E-state index in [1.54, 1.807) is 18.2 Å². The SMILES string of the molecule is CSC1(CNc2ccc(C(=O)O)c(N)c2)CCCCC1. The van der Waals surface area contributed by atoms with Crippen LogP contribution in [0.5, 0.6) is 0 Å². The van der Waals surface area contributed by atoms with Crippen LogP contribution in [0.1, 0.15) is 42.5 Å². The molecule has 5 heteroatoms. The third-order valence-electron chi connectivity index (χ3n) is 4.09. The van der Waals surface area contributed by atoms with Crippen molar-refractivity contribution in [3.8, 4) is 0 Å². The summed E-state index contributed by atoms with van der Waals surface area (Å²) >= 11 is 1.94. The fourth-order valence-corrected chi connectivity index (χ4v) is 3.69. The van der Waals surface area contributed by atoms with Crippen LogP contribution in [-0.2, 0) is 0 Å². The molecule has 0 aliphatic heterocycles. The number of hydrogen-bond acceptors (Lipinski definition) is 4. The number of hydrogen-bond donors (Lipinski definition) is 3. The van der Waals surface area contributed by atoms with E-state index < -0.39 is 5.97 Å². The van der Waals surface area contributed by atoms with Gasteiger partial charge in [-0.3, -0.25) is 0 Å². The van der Waals surface area contributed by atoms with Gasteiger partial charge >= 0.3 is 5.97 Å². The molecule has 1 saturated carbocycles. The van der Waals surface area contributed by atoms with Crippen LogP contribution < -0.4 is 11.1 Å².